The molecule has 1 aromatic carbocycles. The van der Waals surface area contributed by atoms with E-state index in [9.17, 15) is 10.1 Å². The van der Waals surface area contributed by atoms with E-state index in [1.54, 1.807) is 7.05 Å². The molecule has 6 nitrogen and oxygen atoms in total. The number of anilines is 1. The molecule has 1 N–H and O–H groups in total. The first-order chi connectivity index (χ1) is 9.11. The number of nitro groups is 1. The minimum atomic E-state index is -0.472. The summed E-state index contributed by atoms with van der Waals surface area (Å²) < 4.78 is 0. The summed E-state index contributed by atoms with van der Waals surface area (Å²) in [4.78, 5) is 19.5. The maximum absolute atomic E-state index is 11.0. The molecule has 1 aromatic heterocycles. The Morgan fingerprint density at radius 1 is 1.37 bits per heavy atom. The largest absolute Gasteiger partial charge is 0.357 e. The van der Waals surface area contributed by atoms with Crippen molar-refractivity contribution >= 4 is 23.4 Å². The summed E-state index contributed by atoms with van der Waals surface area (Å²) in [5, 5.41) is 14.1. The van der Waals surface area contributed by atoms with Crippen LogP contribution in [-0.4, -0.2) is 21.9 Å². The third-order valence-corrected chi connectivity index (χ3v) is 3.63. The lowest BCUT2D eigenvalue weighted by Crippen LogP contribution is -2.01. The second kappa shape index (κ2) is 5.66. The average molecular weight is 276 g/mol. The quantitative estimate of drug-likeness (QED) is 0.525. The summed E-state index contributed by atoms with van der Waals surface area (Å²) in [5.74, 6) is 0.363. The van der Waals surface area contributed by atoms with Crippen molar-refractivity contribution in [1.29, 1.82) is 0 Å². The molecule has 19 heavy (non-hydrogen) atoms. The highest BCUT2D eigenvalue weighted by Crippen LogP contribution is 2.34. The van der Waals surface area contributed by atoms with Gasteiger partial charge in [0.1, 0.15) is 6.20 Å². The smallest absolute Gasteiger partial charge is 0.320 e. The Balaban J connectivity index is 2.43. The Morgan fingerprint density at radius 3 is 2.74 bits per heavy atom. The van der Waals surface area contributed by atoms with E-state index in [1.165, 1.54) is 18.0 Å². The predicted octanol–water partition coefficient (Wildman–Crippen LogP) is 2.89. The molecule has 0 atom stereocenters. The van der Waals surface area contributed by atoms with Gasteiger partial charge in [0.25, 0.3) is 0 Å². The standard InChI is InChI=1S/C12H12N4O2S/c1-8-5-3-4-6-10(8)19-11-9(16(17)18)7-14-12(13-2)15-11/h3-7H,1-2H3,(H,13,14,15). The number of hydrogen-bond donors (Lipinski definition) is 1. The Labute approximate surface area is 114 Å². The molecule has 2 rings (SSSR count). The molecule has 0 aliphatic rings. The normalized spacial score (nSPS) is 10.2. The van der Waals surface area contributed by atoms with Crippen molar-refractivity contribution in [3.8, 4) is 0 Å². The molecule has 98 valence electrons. The van der Waals surface area contributed by atoms with Crippen LogP contribution in [0.5, 0.6) is 0 Å². The van der Waals surface area contributed by atoms with Crippen molar-refractivity contribution in [3.63, 3.8) is 0 Å². The maximum Gasteiger partial charge on any atom is 0.320 e. The van der Waals surface area contributed by atoms with Crippen LogP contribution in [0.1, 0.15) is 5.56 Å². The summed E-state index contributed by atoms with van der Waals surface area (Å²) in [6, 6.07) is 7.67. The minimum Gasteiger partial charge on any atom is -0.357 e. The number of benzene rings is 1. The van der Waals surface area contributed by atoms with Gasteiger partial charge in [-0.1, -0.05) is 30.0 Å². The lowest BCUT2D eigenvalue weighted by molar-refractivity contribution is -0.388. The van der Waals surface area contributed by atoms with Gasteiger partial charge in [0.2, 0.25) is 5.95 Å². The number of aromatic nitrogens is 2. The molecule has 0 aliphatic carbocycles. The molecule has 0 radical (unpaired) electrons. The summed E-state index contributed by atoms with van der Waals surface area (Å²) in [5.41, 5.74) is 0.957. The monoisotopic (exact) mass is 276 g/mol. The van der Waals surface area contributed by atoms with E-state index in [1.807, 2.05) is 31.2 Å². The highest BCUT2D eigenvalue weighted by atomic mass is 32.2. The SMILES string of the molecule is CNc1ncc([N+](=O)[O-])c(Sc2ccccc2C)n1. The first-order valence-corrected chi connectivity index (χ1v) is 6.36. The fraction of sp³-hybridized carbons (Fsp3) is 0.167. The van der Waals surface area contributed by atoms with E-state index in [0.29, 0.717) is 11.0 Å². The van der Waals surface area contributed by atoms with Crippen LogP contribution in [0.15, 0.2) is 40.4 Å². The van der Waals surface area contributed by atoms with Crippen molar-refractivity contribution in [2.75, 3.05) is 12.4 Å². The molecule has 1 heterocycles. The highest BCUT2D eigenvalue weighted by molar-refractivity contribution is 7.99. The molecule has 0 saturated carbocycles. The zero-order valence-corrected chi connectivity index (χ0v) is 11.3. The Bertz CT molecular complexity index is 618. The third kappa shape index (κ3) is 3.00. The summed E-state index contributed by atoms with van der Waals surface area (Å²) in [6.45, 7) is 1.95. The van der Waals surface area contributed by atoms with Gasteiger partial charge in [-0.3, -0.25) is 10.1 Å². The first kappa shape index (κ1) is 13.3. The van der Waals surface area contributed by atoms with Crippen LogP contribution in [0.4, 0.5) is 11.6 Å². The van der Waals surface area contributed by atoms with Gasteiger partial charge in [-0.2, -0.15) is 4.98 Å². The van der Waals surface area contributed by atoms with Gasteiger partial charge in [0, 0.05) is 11.9 Å². The zero-order chi connectivity index (χ0) is 13.8. The summed E-state index contributed by atoms with van der Waals surface area (Å²) >= 11 is 1.27. The molecule has 0 unspecified atom stereocenters. The van der Waals surface area contributed by atoms with Gasteiger partial charge in [0.05, 0.1) is 4.92 Å². The summed E-state index contributed by atoms with van der Waals surface area (Å²) in [7, 11) is 1.67. The Morgan fingerprint density at radius 2 is 2.11 bits per heavy atom. The predicted molar refractivity (Wildman–Crippen MR) is 73.5 cm³/mol. The average Bonchev–Trinajstić information content (AvgIpc) is 2.41. The van der Waals surface area contributed by atoms with Crippen LogP contribution in [-0.2, 0) is 0 Å². The molecular weight excluding hydrogens is 264 g/mol. The van der Waals surface area contributed by atoms with E-state index < -0.39 is 4.92 Å². The van der Waals surface area contributed by atoms with Gasteiger partial charge in [-0.15, -0.1) is 0 Å². The summed E-state index contributed by atoms with van der Waals surface area (Å²) in [6.07, 6.45) is 1.22. The minimum absolute atomic E-state index is 0.0905. The van der Waals surface area contributed by atoms with E-state index in [0.717, 1.165) is 10.5 Å². The van der Waals surface area contributed by atoms with Crippen LogP contribution in [0.25, 0.3) is 0 Å². The van der Waals surface area contributed by atoms with Crippen molar-refractivity contribution in [2.45, 2.75) is 16.8 Å². The molecule has 0 bridgehead atoms. The van der Waals surface area contributed by atoms with E-state index in [4.69, 9.17) is 0 Å². The van der Waals surface area contributed by atoms with E-state index in [2.05, 4.69) is 15.3 Å². The molecule has 0 fully saturated rings. The zero-order valence-electron chi connectivity index (χ0n) is 10.5. The van der Waals surface area contributed by atoms with Crippen molar-refractivity contribution in [3.05, 3.63) is 46.1 Å². The first-order valence-electron chi connectivity index (χ1n) is 5.54. The van der Waals surface area contributed by atoms with Crippen LogP contribution in [0, 0.1) is 17.0 Å². The second-order valence-electron chi connectivity index (χ2n) is 3.76. The fourth-order valence-electron chi connectivity index (χ4n) is 1.46. The number of nitrogens with one attached hydrogen (secondary N) is 1. The van der Waals surface area contributed by atoms with Crippen molar-refractivity contribution < 1.29 is 4.92 Å². The maximum atomic E-state index is 11.0. The molecule has 0 saturated heterocycles. The molecule has 2 aromatic rings. The van der Waals surface area contributed by atoms with Gasteiger partial charge in [0.15, 0.2) is 5.03 Å². The van der Waals surface area contributed by atoms with Crippen LogP contribution < -0.4 is 5.32 Å². The fourth-order valence-corrected chi connectivity index (χ4v) is 2.40. The number of aryl methyl sites for hydroxylation is 1. The lowest BCUT2D eigenvalue weighted by atomic mass is 10.2. The van der Waals surface area contributed by atoms with Crippen LogP contribution in [0.2, 0.25) is 0 Å². The molecule has 0 aliphatic heterocycles. The van der Waals surface area contributed by atoms with Crippen LogP contribution in [0.3, 0.4) is 0 Å². The molecular formula is C12H12N4O2S. The van der Waals surface area contributed by atoms with Gasteiger partial charge < -0.3 is 5.32 Å². The topological polar surface area (TPSA) is 81.0 Å². The highest BCUT2D eigenvalue weighted by Gasteiger charge is 2.18. The van der Waals surface area contributed by atoms with Crippen LogP contribution >= 0.6 is 11.8 Å². The second-order valence-corrected chi connectivity index (χ2v) is 4.79. The molecule has 0 spiro atoms. The lowest BCUT2D eigenvalue weighted by Gasteiger charge is -2.06. The molecule has 7 heteroatoms. The molecule has 0 amide bonds. The Kier molecular flexibility index (Phi) is 3.96. The third-order valence-electron chi connectivity index (χ3n) is 2.46. The number of hydrogen-bond acceptors (Lipinski definition) is 6. The number of nitrogens with zero attached hydrogens (tertiary/aromatic N) is 3. The Hall–Kier alpha value is -2.15. The van der Waals surface area contributed by atoms with Crippen molar-refractivity contribution in [2.24, 2.45) is 0 Å². The van der Waals surface area contributed by atoms with Gasteiger partial charge >= 0.3 is 5.69 Å². The van der Waals surface area contributed by atoms with E-state index >= 15 is 0 Å². The van der Waals surface area contributed by atoms with E-state index in [-0.39, 0.29) is 5.69 Å². The van der Waals surface area contributed by atoms with Gasteiger partial charge in [-0.05, 0) is 18.6 Å². The number of rotatable bonds is 4. The van der Waals surface area contributed by atoms with Gasteiger partial charge in [-0.25, -0.2) is 4.98 Å². The van der Waals surface area contributed by atoms with Crippen molar-refractivity contribution in [1.82, 2.24) is 9.97 Å².